The standard InChI is InChI=1S/C17H20N2O2S/c1-3-4-14-13-9-12(20)6-5-11(13)10-17(14,2)15(21)19-16-18-7-8-22-16/h5-9,14,20H,3-4,10H2,1-2H3,(H,18,19,21). The average molecular weight is 316 g/mol. The Morgan fingerprint density at radius 3 is 3.05 bits per heavy atom. The first-order chi connectivity index (χ1) is 10.5. The molecule has 3 rings (SSSR count). The van der Waals surface area contributed by atoms with Gasteiger partial charge >= 0.3 is 0 Å². The molecule has 5 heteroatoms. The molecule has 0 radical (unpaired) electrons. The van der Waals surface area contributed by atoms with Gasteiger partial charge in [-0.3, -0.25) is 4.79 Å². The van der Waals surface area contributed by atoms with Crippen LogP contribution in [0.25, 0.3) is 0 Å². The van der Waals surface area contributed by atoms with E-state index in [4.69, 9.17) is 0 Å². The number of phenols is 1. The molecule has 1 heterocycles. The van der Waals surface area contributed by atoms with E-state index in [0.29, 0.717) is 11.6 Å². The lowest BCUT2D eigenvalue weighted by atomic mass is 9.75. The highest BCUT2D eigenvalue weighted by atomic mass is 32.1. The van der Waals surface area contributed by atoms with Crippen LogP contribution >= 0.6 is 11.3 Å². The number of benzene rings is 1. The number of aromatic hydroxyl groups is 1. The van der Waals surface area contributed by atoms with Crippen LogP contribution in [0.4, 0.5) is 5.13 Å². The summed E-state index contributed by atoms with van der Waals surface area (Å²) in [7, 11) is 0. The summed E-state index contributed by atoms with van der Waals surface area (Å²) < 4.78 is 0. The molecule has 0 saturated carbocycles. The van der Waals surface area contributed by atoms with Crippen LogP contribution in [0.15, 0.2) is 29.8 Å². The monoisotopic (exact) mass is 316 g/mol. The van der Waals surface area contributed by atoms with Gasteiger partial charge in [-0.2, -0.15) is 0 Å². The normalized spacial score (nSPS) is 23.3. The van der Waals surface area contributed by atoms with E-state index in [1.807, 2.05) is 24.4 Å². The zero-order valence-corrected chi connectivity index (χ0v) is 13.6. The van der Waals surface area contributed by atoms with Gasteiger partial charge in [-0.15, -0.1) is 11.3 Å². The molecule has 2 N–H and O–H groups in total. The summed E-state index contributed by atoms with van der Waals surface area (Å²) in [6.07, 6.45) is 4.32. The number of amides is 1. The second-order valence-electron chi connectivity index (χ2n) is 6.11. The smallest absolute Gasteiger partial charge is 0.233 e. The molecule has 4 nitrogen and oxygen atoms in total. The predicted molar refractivity (Wildman–Crippen MR) is 88.3 cm³/mol. The van der Waals surface area contributed by atoms with Crippen molar-refractivity contribution < 1.29 is 9.90 Å². The SMILES string of the molecule is CCCC1c2cc(O)ccc2CC1(C)C(=O)Nc1nccs1. The minimum absolute atomic E-state index is 0.0107. The first kappa shape index (κ1) is 15.0. The van der Waals surface area contributed by atoms with Crippen molar-refractivity contribution in [1.29, 1.82) is 0 Å². The van der Waals surface area contributed by atoms with Crippen LogP contribution in [0.1, 0.15) is 43.7 Å². The van der Waals surface area contributed by atoms with Crippen LogP contribution < -0.4 is 5.32 Å². The summed E-state index contributed by atoms with van der Waals surface area (Å²) in [5, 5.41) is 15.2. The molecule has 1 amide bonds. The Kier molecular flexibility index (Phi) is 3.91. The number of phenolic OH excluding ortho intramolecular Hbond substituents is 1. The number of nitrogens with zero attached hydrogens (tertiary/aromatic N) is 1. The number of nitrogens with one attached hydrogen (secondary N) is 1. The summed E-state index contributed by atoms with van der Waals surface area (Å²) in [5.74, 6) is 0.403. The van der Waals surface area contributed by atoms with E-state index in [1.165, 1.54) is 11.3 Å². The van der Waals surface area contributed by atoms with Gasteiger partial charge < -0.3 is 10.4 Å². The molecule has 0 fully saturated rings. The fourth-order valence-electron chi connectivity index (χ4n) is 3.46. The molecule has 0 saturated heterocycles. The topological polar surface area (TPSA) is 62.2 Å². The Balaban J connectivity index is 1.93. The highest BCUT2D eigenvalue weighted by molar-refractivity contribution is 7.13. The second-order valence-corrected chi connectivity index (χ2v) is 7.00. The minimum Gasteiger partial charge on any atom is -0.508 e. The second kappa shape index (κ2) is 5.72. The molecule has 2 unspecified atom stereocenters. The van der Waals surface area contributed by atoms with Crippen LogP contribution in [0.5, 0.6) is 5.75 Å². The fraction of sp³-hybridized carbons (Fsp3) is 0.412. The van der Waals surface area contributed by atoms with Crippen molar-refractivity contribution in [3.8, 4) is 5.75 Å². The number of aromatic nitrogens is 1. The molecule has 1 aromatic heterocycles. The van der Waals surface area contributed by atoms with Crippen molar-refractivity contribution in [3.63, 3.8) is 0 Å². The maximum absolute atomic E-state index is 12.9. The largest absolute Gasteiger partial charge is 0.508 e. The molecule has 22 heavy (non-hydrogen) atoms. The average Bonchev–Trinajstić information content (AvgIpc) is 3.08. The van der Waals surface area contributed by atoms with Crippen LogP contribution in [0, 0.1) is 5.41 Å². The Bertz CT molecular complexity index is 684. The Morgan fingerprint density at radius 1 is 1.55 bits per heavy atom. The summed E-state index contributed by atoms with van der Waals surface area (Å²) in [4.78, 5) is 17.0. The van der Waals surface area contributed by atoms with Gasteiger partial charge in [-0.25, -0.2) is 4.98 Å². The van der Waals surface area contributed by atoms with E-state index >= 15 is 0 Å². The van der Waals surface area contributed by atoms with E-state index in [9.17, 15) is 9.90 Å². The Hall–Kier alpha value is -1.88. The molecule has 1 aliphatic rings. The van der Waals surface area contributed by atoms with Gasteiger partial charge in [0.2, 0.25) is 5.91 Å². The van der Waals surface area contributed by atoms with Crippen molar-refractivity contribution in [3.05, 3.63) is 40.9 Å². The third kappa shape index (κ3) is 2.50. The quantitative estimate of drug-likeness (QED) is 0.898. The van der Waals surface area contributed by atoms with Crippen molar-refractivity contribution in [2.75, 3.05) is 5.32 Å². The number of hydrogen-bond acceptors (Lipinski definition) is 4. The molecule has 0 spiro atoms. The first-order valence-corrected chi connectivity index (χ1v) is 8.45. The lowest BCUT2D eigenvalue weighted by Crippen LogP contribution is -2.37. The van der Waals surface area contributed by atoms with Crippen LogP contribution in [-0.4, -0.2) is 16.0 Å². The number of carbonyl (C=O) groups is 1. The summed E-state index contributed by atoms with van der Waals surface area (Å²) in [6.45, 7) is 4.15. The van der Waals surface area contributed by atoms with Gasteiger partial charge in [0.05, 0.1) is 5.41 Å². The molecule has 2 aromatic rings. The van der Waals surface area contributed by atoms with Crippen LogP contribution in [0.2, 0.25) is 0 Å². The summed E-state index contributed by atoms with van der Waals surface area (Å²) in [5.41, 5.74) is 1.77. The van der Waals surface area contributed by atoms with Crippen molar-refractivity contribution in [2.24, 2.45) is 5.41 Å². The van der Waals surface area contributed by atoms with Gasteiger partial charge in [-0.05, 0) is 48.9 Å². The molecule has 0 bridgehead atoms. The highest BCUT2D eigenvalue weighted by Gasteiger charge is 2.47. The molecular weight excluding hydrogens is 296 g/mol. The number of thiazole rings is 1. The van der Waals surface area contributed by atoms with E-state index < -0.39 is 5.41 Å². The lowest BCUT2D eigenvalue weighted by Gasteiger charge is -2.30. The molecule has 2 atom stereocenters. The third-order valence-electron chi connectivity index (χ3n) is 4.58. The highest BCUT2D eigenvalue weighted by Crippen LogP contribution is 2.50. The maximum Gasteiger partial charge on any atom is 0.233 e. The van der Waals surface area contributed by atoms with Gasteiger partial charge in [0.15, 0.2) is 5.13 Å². The van der Waals surface area contributed by atoms with Crippen LogP contribution in [-0.2, 0) is 11.2 Å². The van der Waals surface area contributed by atoms with Gasteiger partial charge in [0.1, 0.15) is 5.75 Å². The van der Waals surface area contributed by atoms with E-state index in [-0.39, 0.29) is 17.6 Å². The molecular formula is C17H20N2O2S. The zero-order valence-electron chi connectivity index (χ0n) is 12.8. The third-order valence-corrected chi connectivity index (χ3v) is 5.27. The predicted octanol–water partition coefficient (Wildman–Crippen LogP) is 3.93. The van der Waals surface area contributed by atoms with E-state index in [0.717, 1.165) is 24.0 Å². The van der Waals surface area contributed by atoms with Gasteiger partial charge in [0.25, 0.3) is 0 Å². The van der Waals surface area contributed by atoms with Crippen LogP contribution in [0.3, 0.4) is 0 Å². The molecule has 0 aliphatic heterocycles. The Morgan fingerprint density at radius 2 is 2.36 bits per heavy atom. The van der Waals surface area contributed by atoms with Gasteiger partial charge in [-0.1, -0.05) is 19.4 Å². The van der Waals surface area contributed by atoms with E-state index in [1.54, 1.807) is 12.3 Å². The van der Waals surface area contributed by atoms with Crippen molar-refractivity contribution >= 4 is 22.4 Å². The molecule has 1 aromatic carbocycles. The minimum atomic E-state index is -0.502. The van der Waals surface area contributed by atoms with Gasteiger partial charge in [0, 0.05) is 11.6 Å². The molecule has 1 aliphatic carbocycles. The lowest BCUT2D eigenvalue weighted by molar-refractivity contribution is -0.125. The number of carbonyl (C=O) groups excluding carboxylic acids is 1. The first-order valence-electron chi connectivity index (χ1n) is 7.57. The number of fused-ring (bicyclic) bond motifs is 1. The number of anilines is 1. The number of rotatable bonds is 4. The number of hydrogen-bond donors (Lipinski definition) is 2. The fourth-order valence-corrected chi connectivity index (χ4v) is 3.98. The summed E-state index contributed by atoms with van der Waals surface area (Å²) in [6, 6.07) is 5.46. The van der Waals surface area contributed by atoms with Crippen molar-refractivity contribution in [2.45, 2.75) is 39.0 Å². The Labute approximate surface area is 134 Å². The maximum atomic E-state index is 12.9. The zero-order chi connectivity index (χ0) is 15.7. The van der Waals surface area contributed by atoms with E-state index in [2.05, 4.69) is 17.2 Å². The van der Waals surface area contributed by atoms with Crippen molar-refractivity contribution in [1.82, 2.24) is 4.98 Å². The molecule has 116 valence electrons. The summed E-state index contributed by atoms with van der Waals surface area (Å²) >= 11 is 1.43.